The first-order valence-corrected chi connectivity index (χ1v) is 9.98. The molecule has 0 aliphatic rings. The van der Waals surface area contributed by atoms with Gasteiger partial charge in [-0.15, -0.1) is 0 Å². The fourth-order valence-electron chi connectivity index (χ4n) is 4.10. The zero-order valence-electron chi connectivity index (χ0n) is 18.0. The smallest absolute Gasteiger partial charge is 0.140 e. The Labute approximate surface area is 167 Å². The molecule has 0 atom stereocenters. The first kappa shape index (κ1) is 18.7. The molecular formula is C24H30N4. The molecule has 0 aliphatic carbocycles. The molecule has 0 radical (unpaired) electrons. The monoisotopic (exact) mass is 374 g/mol. The molecule has 4 aromatic rings. The van der Waals surface area contributed by atoms with E-state index in [-0.39, 0.29) is 10.8 Å². The van der Waals surface area contributed by atoms with Crippen LogP contribution in [0.3, 0.4) is 0 Å². The van der Waals surface area contributed by atoms with Crippen molar-refractivity contribution >= 4 is 11.3 Å². The highest BCUT2D eigenvalue weighted by atomic mass is 15.0. The Balaban J connectivity index is 1.79. The molecule has 28 heavy (non-hydrogen) atoms. The number of aromatic nitrogens is 4. The normalized spacial score (nSPS) is 13.0. The third kappa shape index (κ3) is 3.01. The minimum Gasteiger partial charge on any atom is -0.304 e. The molecule has 4 rings (SSSR count). The predicted octanol–water partition coefficient (Wildman–Crippen LogP) is 5.42. The minimum atomic E-state index is -0.0194. The number of nitrogens with zero attached hydrogens (tertiary/aromatic N) is 4. The van der Waals surface area contributed by atoms with Gasteiger partial charge in [-0.05, 0) is 48.9 Å². The van der Waals surface area contributed by atoms with Gasteiger partial charge in [0, 0.05) is 41.1 Å². The van der Waals surface area contributed by atoms with Crippen molar-refractivity contribution in [2.45, 2.75) is 65.7 Å². The van der Waals surface area contributed by atoms with Gasteiger partial charge < -0.3 is 8.80 Å². The molecule has 4 heteroatoms. The van der Waals surface area contributed by atoms with Gasteiger partial charge in [-0.2, -0.15) is 0 Å². The molecule has 0 aliphatic heterocycles. The lowest BCUT2D eigenvalue weighted by Gasteiger charge is -2.27. The second kappa shape index (κ2) is 6.20. The van der Waals surface area contributed by atoms with Crippen LogP contribution in [0.15, 0.2) is 42.9 Å². The van der Waals surface area contributed by atoms with E-state index in [1.54, 1.807) is 0 Å². The highest BCUT2D eigenvalue weighted by Crippen LogP contribution is 2.32. The molecule has 0 bridgehead atoms. The van der Waals surface area contributed by atoms with Gasteiger partial charge >= 0.3 is 0 Å². The second-order valence-electron chi connectivity index (χ2n) is 9.66. The number of imidazole rings is 2. The third-order valence-corrected chi connectivity index (χ3v) is 5.78. The van der Waals surface area contributed by atoms with Crippen LogP contribution in [-0.4, -0.2) is 18.8 Å². The van der Waals surface area contributed by atoms with Crippen molar-refractivity contribution in [1.82, 2.24) is 18.8 Å². The molecule has 0 amide bonds. The van der Waals surface area contributed by atoms with E-state index in [0.717, 1.165) is 23.4 Å². The fraction of sp³-hybridized carbons (Fsp3) is 0.417. The van der Waals surface area contributed by atoms with Gasteiger partial charge in [0.2, 0.25) is 0 Å². The van der Waals surface area contributed by atoms with Crippen molar-refractivity contribution < 1.29 is 0 Å². The number of pyridine rings is 2. The Morgan fingerprint density at radius 2 is 1.57 bits per heavy atom. The highest BCUT2D eigenvalue weighted by Gasteiger charge is 2.26. The molecular weight excluding hydrogens is 344 g/mol. The lowest BCUT2D eigenvalue weighted by atomic mass is 9.79. The zero-order valence-corrected chi connectivity index (χ0v) is 18.0. The average molecular weight is 375 g/mol. The molecule has 0 spiro atoms. The molecule has 4 nitrogen and oxygen atoms in total. The van der Waals surface area contributed by atoms with Crippen molar-refractivity contribution in [2.75, 3.05) is 0 Å². The van der Waals surface area contributed by atoms with Gasteiger partial charge in [-0.25, -0.2) is 9.97 Å². The van der Waals surface area contributed by atoms with Crippen LogP contribution < -0.4 is 0 Å². The fourth-order valence-corrected chi connectivity index (χ4v) is 4.10. The van der Waals surface area contributed by atoms with E-state index in [9.17, 15) is 0 Å². The molecule has 0 aromatic carbocycles. The summed E-state index contributed by atoms with van der Waals surface area (Å²) in [6.07, 6.45) is 7.07. The lowest BCUT2D eigenvalue weighted by Crippen LogP contribution is -2.23. The standard InChI is InChI=1S/C24H30N4/c1-16-13-25-21-11-9-19(15-27(16)21)24(6,7)12-18-8-10-20(23(3,4)5)28-17(2)14-26-22(18)28/h8-11,13-15H,12H2,1-7H3. The maximum absolute atomic E-state index is 4.77. The third-order valence-electron chi connectivity index (χ3n) is 5.78. The summed E-state index contributed by atoms with van der Waals surface area (Å²) in [6.45, 7) is 15.6. The summed E-state index contributed by atoms with van der Waals surface area (Å²) in [5.41, 5.74) is 8.38. The van der Waals surface area contributed by atoms with Gasteiger partial charge in [-0.3, -0.25) is 0 Å². The van der Waals surface area contributed by atoms with Gasteiger partial charge in [0.1, 0.15) is 11.3 Å². The number of hydrogen-bond acceptors (Lipinski definition) is 2. The van der Waals surface area contributed by atoms with Crippen LogP contribution in [0.4, 0.5) is 0 Å². The Morgan fingerprint density at radius 1 is 0.857 bits per heavy atom. The van der Waals surface area contributed by atoms with Crippen molar-refractivity contribution in [2.24, 2.45) is 0 Å². The number of rotatable bonds is 3. The molecule has 0 saturated heterocycles. The molecule has 0 unspecified atom stereocenters. The second-order valence-corrected chi connectivity index (χ2v) is 9.66. The summed E-state index contributed by atoms with van der Waals surface area (Å²) < 4.78 is 4.50. The van der Waals surface area contributed by atoms with E-state index in [4.69, 9.17) is 4.98 Å². The van der Waals surface area contributed by atoms with Crippen LogP contribution in [0.1, 0.15) is 62.8 Å². The predicted molar refractivity (Wildman–Crippen MR) is 115 cm³/mol. The van der Waals surface area contributed by atoms with E-state index in [1.165, 1.54) is 22.5 Å². The van der Waals surface area contributed by atoms with Crippen LogP contribution in [0.25, 0.3) is 11.3 Å². The Bertz CT molecular complexity index is 1170. The molecule has 4 aromatic heterocycles. The van der Waals surface area contributed by atoms with Crippen molar-refractivity contribution in [3.63, 3.8) is 0 Å². The lowest BCUT2D eigenvalue weighted by molar-refractivity contribution is 0.517. The first-order valence-electron chi connectivity index (χ1n) is 9.98. The van der Waals surface area contributed by atoms with Crippen LogP contribution >= 0.6 is 0 Å². The molecule has 0 N–H and O–H groups in total. The largest absolute Gasteiger partial charge is 0.304 e. The van der Waals surface area contributed by atoms with Crippen molar-refractivity contribution in [3.05, 3.63) is 71.1 Å². The Kier molecular flexibility index (Phi) is 4.14. The quantitative estimate of drug-likeness (QED) is 0.480. The van der Waals surface area contributed by atoms with E-state index in [1.807, 2.05) is 12.4 Å². The molecule has 0 fully saturated rings. The van der Waals surface area contributed by atoms with E-state index in [2.05, 4.69) is 92.7 Å². The summed E-state index contributed by atoms with van der Waals surface area (Å²) in [4.78, 5) is 9.23. The van der Waals surface area contributed by atoms with Gasteiger partial charge in [0.15, 0.2) is 0 Å². The number of fused-ring (bicyclic) bond motifs is 2. The van der Waals surface area contributed by atoms with Gasteiger partial charge in [-0.1, -0.05) is 46.8 Å². The van der Waals surface area contributed by atoms with Gasteiger partial charge in [0.05, 0.1) is 0 Å². The Morgan fingerprint density at radius 3 is 2.29 bits per heavy atom. The zero-order chi connectivity index (χ0) is 20.3. The summed E-state index contributed by atoms with van der Waals surface area (Å²) in [5, 5.41) is 0. The summed E-state index contributed by atoms with van der Waals surface area (Å²) in [6, 6.07) is 8.86. The van der Waals surface area contributed by atoms with E-state index < -0.39 is 0 Å². The van der Waals surface area contributed by atoms with E-state index >= 15 is 0 Å². The van der Waals surface area contributed by atoms with Crippen LogP contribution in [0, 0.1) is 13.8 Å². The number of aryl methyl sites for hydroxylation is 2. The maximum Gasteiger partial charge on any atom is 0.140 e. The maximum atomic E-state index is 4.77. The van der Waals surface area contributed by atoms with Crippen molar-refractivity contribution in [1.29, 1.82) is 0 Å². The average Bonchev–Trinajstić information content (AvgIpc) is 3.18. The van der Waals surface area contributed by atoms with Crippen molar-refractivity contribution in [3.8, 4) is 0 Å². The summed E-state index contributed by atoms with van der Waals surface area (Å²) in [7, 11) is 0. The first-order chi connectivity index (χ1) is 13.1. The van der Waals surface area contributed by atoms with E-state index in [0.29, 0.717) is 0 Å². The van der Waals surface area contributed by atoms with Gasteiger partial charge in [0.25, 0.3) is 0 Å². The highest BCUT2D eigenvalue weighted by molar-refractivity contribution is 5.53. The SMILES string of the molecule is Cc1cnc2ccc(C(C)(C)Cc3ccc(C(C)(C)C)n4c(C)cnc34)cn12. The Hall–Kier alpha value is -2.62. The topological polar surface area (TPSA) is 34.6 Å². The van der Waals surface area contributed by atoms with Crippen LogP contribution in [0.5, 0.6) is 0 Å². The molecule has 4 heterocycles. The summed E-state index contributed by atoms with van der Waals surface area (Å²) in [5.74, 6) is 0. The minimum absolute atomic E-state index is 0.0194. The van der Waals surface area contributed by atoms with Crippen LogP contribution in [-0.2, 0) is 17.3 Å². The molecule has 146 valence electrons. The number of hydrogen-bond donors (Lipinski definition) is 0. The molecule has 0 saturated carbocycles. The summed E-state index contributed by atoms with van der Waals surface area (Å²) >= 11 is 0. The van der Waals surface area contributed by atoms with Crippen LogP contribution in [0.2, 0.25) is 0 Å².